The Kier molecular flexibility index (Phi) is 6.11. The van der Waals surface area contributed by atoms with Crippen LogP contribution in [0.25, 0.3) is 0 Å². The fourth-order valence-corrected chi connectivity index (χ4v) is 2.27. The van der Waals surface area contributed by atoms with Crippen LogP contribution in [0.4, 0.5) is 11.4 Å². The van der Waals surface area contributed by atoms with Gasteiger partial charge in [0, 0.05) is 28.7 Å². The van der Waals surface area contributed by atoms with Gasteiger partial charge < -0.3 is 15.8 Å². The molecule has 1 amide bonds. The predicted molar refractivity (Wildman–Crippen MR) is 74.2 cm³/mol. The number of methoxy groups -OCH3 is 1. The van der Waals surface area contributed by atoms with E-state index in [1.165, 1.54) is 7.11 Å². The van der Waals surface area contributed by atoms with Gasteiger partial charge in [0.05, 0.1) is 18.0 Å². The van der Waals surface area contributed by atoms with Gasteiger partial charge in [0.15, 0.2) is 0 Å². The highest BCUT2D eigenvalue weighted by atomic mass is 35.5. The van der Waals surface area contributed by atoms with E-state index in [0.717, 1.165) is 0 Å². The fourth-order valence-electron chi connectivity index (χ4n) is 1.23. The number of halogens is 1. The van der Waals surface area contributed by atoms with Crippen molar-refractivity contribution in [2.45, 2.75) is 0 Å². The summed E-state index contributed by atoms with van der Waals surface area (Å²) in [5, 5.41) is 3.08. The van der Waals surface area contributed by atoms with Crippen molar-refractivity contribution < 1.29 is 13.7 Å². The summed E-state index contributed by atoms with van der Waals surface area (Å²) in [7, 11) is 0.281. The summed E-state index contributed by atoms with van der Waals surface area (Å²) < 4.78 is 16.2. The molecule has 1 aromatic rings. The fraction of sp³-hybridized carbons (Fsp3) is 0.364. The highest BCUT2D eigenvalue weighted by Crippen LogP contribution is 2.22. The van der Waals surface area contributed by atoms with Gasteiger partial charge >= 0.3 is 0 Å². The smallest absolute Gasteiger partial charge is 0.237 e. The largest absolute Gasteiger partial charge is 0.397 e. The molecule has 1 unspecified atom stereocenters. The van der Waals surface area contributed by atoms with Gasteiger partial charge in [-0.3, -0.25) is 9.00 Å². The molecule has 5 nitrogen and oxygen atoms in total. The van der Waals surface area contributed by atoms with Gasteiger partial charge in [-0.2, -0.15) is 0 Å². The van der Waals surface area contributed by atoms with E-state index in [9.17, 15) is 9.00 Å². The molecule has 0 aliphatic carbocycles. The number of nitrogens with two attached hydrogens (primary N) is 1. The zero-order valence-corrected chi connectivity index (χ0v) is 11.5. The van der Waals surface area contributed by atoms with Crippen LogP contribution in [-0.4, -0.2) is 35.3 Å². The second kappa shape index (κ2) is 7.35. The Hall–Kier alpha value is -1.11. The molecule has 0 aliphatic rings. The number of amides is 1. The average molecular weight is 291 g/mol. The van der Waals surface area contributed by atoms with Crippen molar-refractivity contribution in [1.82, 2.24) is 0 Å². The Morgan fingerprint density at radius 3 is 2.89 bits per heavy atom. The molecule has 0 radical (unpaired) electrons. The van der Waals surface area contributed by atoms with Crippen molar-refractivity contribution >= 4 is 39.7 Å². The molecule has 7 heteroatoms. The molecule has 0 saturated heterocycles. The molecular weight excluding hydrogens is 276 g/mol. The lowest BCUT2D eigenvalue weighted by atomic mass is 10.2. The van der Waals surface area contributed by atoms with E-state index in [4.69, 9.17) is 22.1 Å². The lowest BCUT2D eigenvalue weighted by Gasteiger charge is -2.08. The van der Waals surface area contributed by atoms with Gasteiger partial charge in [0.1, 0.15) is 5.75 Å². The average Bonchev–Trinajstić information content (AvgIpc) is 2.30. The second-order valence-electron chi connectivity index (χ2n) is 3.56. The van der Waals surface area contributed by atoms with Crippen LogP contribution in [0.3, 0.4) is 0 Å². The number of ether oxygens (including phenoxy) is 1. The van der Waals surface area contributed by atoms with E-state index < -0.39 is 10.8 Å². The summed E-state index contributed by atoms with van der Waals surface area (Å²) in [6, 6.07) is 4.77. The van der Waals surface area contributed by atoms with Crippen LogP contribution in [0.5, 0.6) is 0 Å². The number of hydrogen-bond donors (Lipinski definition) is 2. The Bertz CT molecular complexity index is 454. The third-order valence-electron chi connectivity index (χ3n) is 2.09. The summed E-state index contributed by atoms with van der Waals surface area (Å²) in [5.41, 5.74) is 6.53. The maximum Gasteiger partial charge on any atom is 0.237 e. The Morgan fingerprint density at radius 2 is 2.28 bits per heavy atom. The van der Waals surface area contributed by atoms with Crippen molar-refractivity contribution in [3.63, 3.8) is 0 Å². The minimum atomic E-state index is -1.24. The number of benzene rings is 1. The number of nitrogen functional groups attached to an aromatic ring is 1. The number of rotatable bonds is 6. The first-order chi connectivity index (χ1) is 8.52. The van der Waals surface area contributed by atoms with E-state index in [-0.39, 0.29) is 11.7 Å². The first-order valence-electron chi connectivity index (χ1n) is 5.21. The predicted octanol–water partition coefficient (Wildman–Crippen LogP) is 1.26. The van der Waals surface area contributed by atoms with Crippen LogP contribution in [0.15, 0.2) is 18.2 Å². The molecule has 1 atom stereocenters. The molecule has 0 bridgehead atoms. The van der Waals surface area contributed by atoms with E-state index in [2.05, 4.69) is 5.32 Å². The van der Waals surface area contributed by atoms with Gasteiger partial charge in [0.25, 0.3) is 0 Å². The Labute approximate surface area is 113 Å². The lowest BCUT2D eigenvalue weighted by molar-refractivity contribution is -0.113. The monoisotopic (exact) mass is 290 g/mol. The van der Waals surface area contributed by atoms with Crippen molar-refractivity contribution in [2.24, 2.45) is 0 Å². The minimum Gasteiger partial charge on any atom is -0.397 e. The maximum atomic E-state index is 11.6. The van der Waals surface area contributed by atoms with Crippen molar-refractivity contribution in [3.8, 4) is 0 Å². The van der Waals surface area contributed by atoms with Crippen LogP contribution >= 0.6 is 11.6 Å². The zero-order chi connectivity index (χ0) is 13.5. The van der Waals surface area contributed by atoms with E-state index >= 15 is 0 Å². The molecule has 0 heterocycles. The molecule has 0 saturated carbocycles. The second-order valence-corrected chi connectivity index (χ2v) is 5.57. The number of nitrogens with one attached hydrogen (secondary N) is 1. The van der Waals surface area contributed by atoms with Crippen LogP contribution in [0.1, 0.15) is 0 Å². The third-order valence-corrected chi connectivity index (χ3v) is 3.54. The van der Waals surface area contributed by atoms with E-state index in [0.29, 0.717) is 28.8 Å². The van der Waals surface area contributed by atoms with Crippen LogP contribution in [0.2, 0.25) is 5.02 Å². The quantitative estimate of drug-likeness (QED) is 0.773. The molecule has 100 valence electrons. The van der Waals surface area contributed by atoms with Gasteiger partial charge in [-0.15, -0.1) is 0 Å². The molecule has 18 heavy (non-hydrogen) atoms. The Balaban J connectivity index is 2.51. The summed E-state index contributed by atoms with van der Waals surface area (Å²) >= 11 is 5.74. The molecule has 1 aromatic carbocycles. The summed E-state index contributed by atoms with van der Waals surface area (Å²) in [4.78, 5) is 11.6. The minimum absolute atomic E-state index is 0.0779. The number of hydrogen-bond acceptors (Lipinski definition) is 4. The molecule has 1 rings (SSSR count). The normalized spacial score (nSPS) is 12.1. The van der Waals surface area contributed by atoms with Gasteiger partial charge in [-0.25, -0.2) is 0 Å². The number of carbonyl (C=O) groups excluding carboxylic acids is 1. The molecule has 0 spiro atoms. The first kappa shape index (κ1) is 14.9. The van der Waals surface area contributed by atoms with Gasteiger partial charge in [-0.1, -0.05) is 11.6 Å². The topological polar surface area (TPSA) is 81.4 Å². The van der Waals surface area contributed by atoms with Crippen LogP contribution in [0, 0.1) is 0 Å². The van der Waals surface area contributed by atoms with Crippen LogP contribution < -0.4 is 11.1 Å². The van der Waals surface area contributed by atoms with E-state index in [1.807, 2.05) is 0 Å². The molecule has 0 aromatic heterocycles. The van der Waals surface area contributed by atoms with Crippen LogP contribution in [-0.2, 0) is 20.3 Å². The summed E-state index contributed by atoms with van der Waals surface area (Å²) in [6.07, 6.45) is 0. The molecule has 0 aliphatic heterocycles. The van der Waals surface area contributed by atoms with Gasteiger partial charge in [-0.05, 0) is 18.2 Å². The molecular formula is C11H15ClN2O3S. The number of anilines is 2. The summed E-state index contributed by atoms with van der Waals surface area (Å²) in [6.45, 7) is 0.364. The standard InChI is InChI=1S/C11H15ClN2O3S/c1-17-4-5-18(16)7-11(15)14-10-3-2-8(12)6-9(10)13/h2-3,6H,4-5,7,13H2,1H3,(H,14,15). The SMILES string of the molecule is COCCS(=O)CC(=O)Nc1ccc(Cl)cc1N. The zero-order valence-electron chi connectivity index (χ0n) is 9.94. The van der Waals surface area contributed by atoms with Gasteiger partial charge in [0.2, 0.25) is 5.91 Å². The molecule has 0 fully saturated rings. The van der Waals surface area contributed by atoms with Crippen molar-refractivity contribution in [1.29, 1.82) is 0 Å². The Morgan fingerprint density at radius 1 is 1.56 bits per heavy atom. The molecule has 3 N–H and O–H groups in total. The lowest BCUT2D eigenvalue weighted by Crippen LogP contribution is -2.22. The van der Waals surface area contributed by atoms with Crippen molar-refractivity contribution in [3.05, 3.63) is 23.2 Å². The first-order valence-corrected chi connectivity index (χ1v) is 7.08. The van der Waals surface area contributed by atoms with E-state index in [1.54, 1.807) is 18.2 Å². The number of carbonyl (C=O) groups is 1. The highest BCUT2D eigenvalue weighted by molar-refractivity contribution is 7.85. The maximum absolute atomic E-state index is 11.6. The highest BCUT2D eigenvalue weighted by Gasteiger charge is 2.09. The van der Waals surface area contributed by atoms with Crippen molar-refractivity contribution in [2.75, 3.05) is 36.3 Å². The third kappa shape index (κ3) is 5.03. The summed E-state index contributed by atoms with van der Waals surface area (Å²) in [5.74, 6) is -0.0932.